The largest absolute Gasteiger partial charge is 0.490 e. The van der Waals surface area contributed by atoms with Crippen LogP contribution in [0.25, 0.3) is 5.69 Å². The van der Waals surface area contributed by atoms with Crippen molar-refractivity contribution in [1.82, 2.24) is 14.1 Å². The van der Waals surface area contributed by atoms with Gasteiger partial charge in [0.15, 0.2) is 0 Å². The number of aromatic nitrogens is 2. The quantitative estimate of drug-likeness (QED) is 0.758. The molecular formula is C18H24N4O4S. The molecule has 0 bridgehead atoms. The van der Waals surface area contributed by atoms with Gasteiger partial charge in [-0.3, -0.25) is 4.79 Å². The first-order chi connectivity index (χ1) is 12.9. The topological polar surface area (TPSA) is 84.7 Å². The van der Waals surface area contributed by atoms with Crippen LogP contribution in [0.4, 0.5) is 5.69 Å². The first-order valence-corrected chi connectivity index (χ1v) is 10.3. The monoisotopic (exact) mass is 392 g/mol. The highest BCUT2D eigenvalue weighted by molar-refractivity contribution is 7.89. The zero-order valence-corrected chi connectivity index (χ0v) is 16.5. The van der Waals surface area contributed by atoms with Crippen LogP contribution in [-0.4, -0.2) is 61.0 Å². The van der Waals surface area contributed by atoms with Gasteiger partial charge < -0.3 is 9.64 Å². The molecule has 0 unspecified atom stereocenters. The highest BCUT2D eigenvalue weighted by atomic mass is 32.2. The Bertz CT molecular complexity index is 949. The molecule has 0 saturated carbocycles. The van der Waals surface area contributed by atoms with E-state index in [4.69, 9.17) is 4.74 Å². The van der Waals surface area contributed by atoms with E-state index in [9.17, 15) is 13.2 Å². The third-order valence-electron chi connectivity index (χ3n) is 4.65. The standard InChI is InChI=1S/C18H24N4O4S/c1-14(2)27(24,25)21-11-9-20(10-12-21)16-13-19-22(18(23)17(16)26-3)15-7-5-4-6-8-15/h4-8,13-14H,9-12H2,1-3H3. The third kappa shape index (κ3) is 3.70. The van der Waals surface area contributed by atoms with Gasteiger partial charge in [0, 0.05) is 26.2 Å². The fourth-order valence-corrected chi connectivity index (χ4v) is 4.35. The van der Waals surface area contributed by atoms with Crippen LogP contribution < -0.4 is 15.2 Å². The van der Waals surface area contributed by atoms with Crippen LogP contribution in [0.1, 0.15) is 13.8 Å². The van der Waals surface area contributed by atoms with Crippen molar-refractivity contribution in [3.8, 4) is 11.4 Å². The molecule has 146 valence electrons. The number of sulfonamides is 1. The number of hydrogen-bond donors (Lipinski definition) is 0. The summed E-state index contributed by atoms with van der Waals surface area (Å²) >= 11 is 0. The van der Waals surface area contributed by atoms with Gasteiger partial charge in [0.2, 0.25) is 15.8 Å². The van der Waals surface area contributed by atoms with Crippen molar-refractivity contribution in [2.24, 2.45) is 0 Å². The van der Waals surface area contributed by atoms with Gasteiger partial charge in [-0.25, -0.2) is 8.42 Å². The van der Waals surface area contributed by atoms with Gasteiger partial charge in [-0.15, -0.1) is 0 Å². The average molecular weight is 392 g/mol. The molecule has 0 N–H and O–H groups in total. The SMILES string of the molecule is COc1c(N2CCN(S(=O)(=O)C(C)C)CC2)cnn(-c2ccccc2)c1=O. The first-order valence-electron chi connectivity index (χ1n) is 8.82. The number of piperazine rings is 1. The molecule has 2 aromatic rings. The Morgan fingerprint density at radius 3 is 2.26 bits per heavy atom. The van der Waals surface area contributed by atoms with E-state index < -0.39 is 15.3 Å². The van der Waals surface area contributed by atoms with Crippen LogP contribution in [0.3, 0.4) is 0 Å². The van der Waals surface area contributed by atoms with Crippen molar-refractivity contribution >= 4 is 15.7 Å². The van der Waals surface area contributed by atoms with Gasteiger partial charge in [0.25, 0.3) is 0 Å². The van der Waals surface area contributed by atoms with E-state index in [1.165, 1.54) is 16.1 Å². The van der Waals surface area contributed by atoms with E-state index in [1.54, 1.807) is 32.2 Å². The second kappa shape index (κ2) is 7.69. The summed E-state index contributed by atoms with van der Waals surface area (Å²) in [5.41, 5.74) is 0.884. The molecule has 1 fully saturated rings. The highest BCUT2D eigenvalue weighted by Gasteiger charge is 2.30. The van der Waals surface area contributed by atoms with E-state index >= 15 is 0 Å². The molecular weight excluding hydrogens is 368 g/mol. The van der Waals surface area contributed by atoms with Crippen molar-refractivity contribution in [3.63, 3.8) is 0 Å². The summed E-state index contributed by atoms with van der Waals surface area (Å²) in [4.78, 5) is 14.8. The Kier molecular flexibility index (Phi) is 5.52. The zero-order valence-electron chi connectivity index (χ0n) is 15.7. The normalized spacial score (nSPS) is 15.9. The van der Waals surface area contributed by atoms with Crippen molar-refractivity contribution in [3.05, 3.63) is 46.9 Å². The molecule has 1 aliphatic heterocycles. The van der Waals surface area contributed by atoms with Crippen LogP contribution in [0.15, 0.2) is 41.3 Å². The zero-order chi connectivity index (χ0) is 19.6. The summed E-state index contributed by atoms with van der Waals surface area (Å²) in [7, 11) is -1.82. The average Bonchev–Trinajstić information content (AvgIpc) is 2.68. The summed E-state index contributed by atoms with van der Waals surface area (Å²) in [5.74, 6) is 0.203. The predicted molar refractivity (Wildman–Crippen MR) is 104 cm³/mol. The molecule has 27 heavy (non-hydrogen) atoms. The molecule has 1 aromatic heterocycles. The minimum atomic E-state index is -3.28. The molecule has 1 aromatic carbocycles. The summed E-state index contributed by atoms with van der Waals surface area (Å²) in [6.07, 6.45) is 1.60. The molecule has 1 aliphatic rings. The van der Waals surface area contributed by atoms with Gasteiger partial charge in [0.1, 0.15) is 5.69 Å². The molecule has 0 atom stereocenters. The summed E-state index contributed by atoms with van der Waals surface area (Å²) in [6.45, 7) is 5.03. The first kappa shape index (κ1) is 19.4. The lowest BCUT2D eigenvalue weighted by molar-refractivity contribution is 0.372. The van der Waals surface area contributed by atoms with Crippen molar-refractivity contribution in [2.75, 3.05) is 38.2 Å². The van der Waals surface area contributed by atoms with Crippen molar-refractivity contribution in [2.45, 2.75) is 19.1 Å². The Balaban J connectivity index is 1.87. The number of para-hydroxylation sites is 1. The van der Waals surface area contributed by atoms with Gasteiger partial charge in [-0.1, -0.05) is 18.2 Å². The molecule has 1 saturated heterocycles. The Morgan fingerprint density at radius 2 is 1.70 bits per heavy atom. The number of ether oxygens (including phenoxy) is 1. The molecule has 0 spiro atoms. The molecule has 8 nitrogen and oxygen atoms in total. The number of nitrogens with zero attached hydrogens (tertiary/aromatic N) is 4. The molecule has 9 heteroatoms. The highest BCUT2D eigenvalue weighted by Crippen LogP contribution is 2.25. The fourth-order valence-electron chi connectivity index (χ4n) is 3.08. The van der Waals surface area contributed by atoms with E-state index in [2.05, 4.69) is 5.10 Å². The molecule has 0 aliphatic carbocycles. The maximum atomic E-state index is 12.8. The van der Waals surface area contributed by atoms with Gasteiger partial charge in [-0.05, 0) is 26.0 Å². The number of hydrogen-bond acceptors (Lipinski definition) is 6. The van der Waals surface area contributed by atoms with E-state index in [1.807, 2.05) is 23.1 Å². The van der Waals surface area contributed by atoms with Crippen LogP contribution in [0, 0.1) is 0 Å². The number of methoxy groups -OCH3 is 1. The van der Waals surface area contributed by atoms with Crippen LogP contribution >= 0.6 is 0 Å². The summed E-state index contributed by atoms with van der Waals surface area (Å²) in [5, 5.41) is 3.83. The second-order valence-corrected chi connectivity index (χ2v) is 9.08. The smallest absolute Gasteiger partial charge is 0.315 e. The van der Waals surface area contributed by atoms with Gasteiger partial charge >= 0.3 is 5.56 Å². The number of rotatable bonds is 5. The Labute approximate surface area is 159 Å². The predicted octanol–water partition coefficient (Wildman–Crippen LogP) is 1.10. The maximum absolute atomic E-state index is 12.8. The molecule has 3 rings (SSSR count). The van der Waals surface area contributed by atoms with E-state index in [-0.39, 0.29) is 11.3 Å². The molecule has 0 amide bonds. The second-order valence-electron chi connectivity index (χ2n) is 6.60. The minimum absolute atomic E-state index is 0.203. The lowest BCUT2D eigenvalue weighted by atomic mass is 10.3. The number of benzene rings is 1. The van der Waals surface area contributed by atoms with Crippen molar-refractivity contribution in [1.29, 1.82) is 0 Å². The number of anilines is 1. The summed E-state index contributed by atoms with van der Waals surface area (Å²) < 4.78 is 32.8. The fraction of sp³-hybridized carbons (Fsp3) is 0.444. The van der Waals surface area contributed by atoms with Crippen LogP contribution in [0.2, 0.25) is 0 Å². The van der Waals surface area contributed by atoms with Crippen molar-refractivity contribution < 1.29 is 13.2 Å². The van der Waals surface area contributed by atoms with Crippen LogP contribution in [-0.2, 0) is 10.0 Å². The lowest BCUT2D eigenvalue weighted by Gasteiger charge is -2.36. The van der Waals surface area contributed by atoms with Crippen LogP contribution in [0.5, 0.6) is 5.75 Å². The third-order valence-corrected chi connectivity index (χ3v) is 6.93. The van der Waals surface area contributed by atoms with Gasteiger partial charge in [-0.2, -0.15) is 14.1 Å². The maximum Gasteiger partial charge on any atom is 0.315 e. The molecule has 0 radical (unpaired) electrons. The summed E-state index contributed by atoms with van der Waals surface area (Å²) in [6, 6.07) is 9.12. The Hall–Kier alpha value is -2.39. The van der Waals surface area contributed by atoms with E-state index in [0.29, 0.717) is 37.6 Å². The van der Waals surface area contributed by atoms with E-state index in [0.717, 1.165) is 0 Å². The lowest BCUT2D eigenvalue weighted by Crippen LogP contribution is -2.50. The Morgan fingerprint density at radius 1 is 1.07 bits per heavy atom. The molecule has 2 heterocycles. The minimum Gasteiger partial charge on any atom is -0.490 e. The van der Waals surface area contributed by atoms with Gasteiger partial charge in [0.05, 0.1) is 24.2 Å².